The largest absolute Gasteiger partial charge is 0.342 e. The van der Waals surface area contributed by atoms with Crippen LogP contribution in [0.25, 0.3) is 0 Å². The van der Waals surface area contributed by atoms with Crippen LogP contribution in [0.2, 0.25) is 0 Å². The zero-order valence-electron chi connectivity index (χ0n) is 17.5. The van der Waals surface area contributed by atoms with E-state index in [4.69, 9.17) is 0 Å². The molecule has 2 heterocycles. The third-order valence-electron chi connectivity index (χ3n) is 5.81. The summed E-state index contributed by atoms with van der Waals surface area (Å²) >= 11 is 3.53. The van der Waals surface area contributed by atoms with Gasteiger partial charge in [-0.05, 0) is 61.7 Å². The molecule has 4 rings (SSSR count). The van der Waals surface area contributed by atoms with Crippen LogP contribution in [0.3, 0.4) is 0 Å². The van der Waals surface area contributed by atoms with Gasteiger partial charge in [-0.2, -0.15) is 0 Å². The van der Waals surface area contributed by atoms with Gasteiger partial charge in [-0.15, -0.1) is 0 Å². The molecule has 0 saturated carbocycles. The second-order valence-electron chi connectivity index (χ2n) is 7.83. The molecule has 170 valence electrons. The molecule has 2 unspecified atom stereocenters. The fraction of sp³-hybridized carbons (Fsp3) is 0.364. The Labute approximate surface area is 193 Å². The van der Waals surface area contributed by atoms with Gasteiger partial charge in [0.2, 0.25) is 5.91 Å². The van der Waals surface area contributed by atoms with Gasteiger partial charge in [0.15, 0.2) is 6.17 Å². The number of halogens is 3. The second kappa shape index (κ2) is 9.62. The highest BCUT2D eigenvalue weighted by Gasteiger charge is 2.36. The van der Waals surface area contributed by atoms with Gasteiger partial charge in [0.25, 0.3) is 5.91 Å². The van der Waals surface area contributed by atoms with Crippen LogP contribution in [0.15, 0.2) is 34.8 Å². The summed E-state index contributed by atoms with van der Waals surface area (Å²) in [7, 11) is 1.57. The van der Waals surface area contributed by atoms with E-state index in [2.05, 4.69) is 37.4 Å². The van der Waals surface area contributed by atoms with Gasteiger partial charge in [-0.25, -0.2) is 14.2 Å². The van der Waals surface area contributed by atoms with Crippen molar-refractivity contribution < 1.29 is 18.4 Å². The number of rotatable bonds is 7. The number of nitrogens with one attached hydrogen (secondary N) is 4. The van der Waals surface area contributed by atoms with Crippen LogP contribution in [-0.4, -0.2) is 37.6 Å². The van der Waals surface area contributed by atoms with Crippen molar-refractivity contribution in [3.63, 3.8) is 0 Å². The van der Waals surface area contributed by atoms with Gasteiger partial charge in [-0.1, -0.05) is 22.0 Å². The Morgan fingerprint density at radius 3 is 2.59 bits per heavy atom. The van der Waals surface area contributed by atoms with Gasteiger partial charge in [0, 0.05) is 23.1 Å². The second-order valence-corrected chi connectivity index (χ2v) is 8.75. The number of anilines is 1. The van der Waals surface area contributed by atoms with Crippen molar-refractivity contribution in [2.45, 2.75) is 38.0 Å². The van der Waals surface area contributed by atoms with Crippen molar-refractivity contribution >= 4 is 33.4 Å². The normalized spacial score (nSPS) is 18.3. The van der Waals surface area contributed by atoms with Crippen molar-refractivity contribution in [2.24, 2.45) is 0 Å². The number of hydrogen-bond acceptors (Lipinski definition) is 5. The van der Waals surface area contributed by atoms with E-state index in [9.17, 15) is 18.4 Å². The van der Waals surface area contributed by atoms with Crippen LogP contribution in [-0.2, 0) is 29.0 Å². The van der Waals surface area contributed by atoms with Crippen LogP contribution in [0.5, 0.6) is 0 Å². The maximum Gasteiger partial charge on any atom is 0.253 e. The summed E-state index contributed by atoms with van der Waals surface area (Å²) in [4.78, 5) is 27.7. The Kier molecular flexibility index (Phi) is 6.85. The number of benzene rings is 2. The van der Waals surface area contributed by atoms with Crippen LogP contribution in [0.1, 0.15) is 23.1 Å². The van der Waals surface area contributed by atoms with E-state index in [1.165, 1.54) is 18.2 Å². The highest BCUT2D eigenvalue weighted by molar-refractivity contribution is 9.10. The van der Waals surface area contributed by atoms with Crippen molar-refractivity contribution in [1.82, 2.24) is 21.5 Å². The Morgan fingerprint density at radius 2 is 1.91 bits per heavy atom. The molecule has 2 aliphatic heterocycles. The van der Waals surface area contributed by atoms with E-state index < -0.39 is 29.7 Å². The van der Waals surface area contributed by atoms with Crippen LogP contribution in [0, 0.1) is 11.6 Å². The predicted molar refractivity (Wildman–Crippen MR) is 120 cm³/mol. The molecule has 2 aromatic rings. The maximum atomic E-state index is 13.8. The van der Waals surface area contributed by atoms with Gasteiger partial charge in [0.1, 0.15) is 17.7 Å². The minimum Gasteiger partial charge on any atom is -0.342 e. The molecule has 0 radical (unpaired) electrons. The minimum atomic E-state index is -0.911. The van der Waals surface area contributed by atoms with Crippen LogP contribution >= 0.6 is 15.9 Å². The first-order valence-electron chi connectivity index (χ1n) is 10.4. The lowest BCUT2D eigenvalue weighted by Gasteiger charge is -2.25. The molecule has 7 nitrogen and oxygen atoms in total. The van der Waals surface area contributed by atoms with Crippen LogP contribution in [0.4, 0.5) is 14.5 Å². The van der Waals surface area contributed by atoms with Crippen molar-refractivity contribution in [1.29, 1.82) is 0 Å². The van der Waals surface area contributed by atoms with E-state index in [-0.39, 0.29) is 18.0 Å². The number of carbonyl (C=O) groups excluding carboxylic acids is 2. The van der Waals surface area contributed by atoms with Crippen molar-refractivity contribution in [3.8, 4) is 0 Å². The molecule has 4 N–H and O–H groups in total. The molecule has 2 atom stereocenters. The average Bonchev–Trinajstić information content (AvgIpc) is 3.13. The Hall–Kier alpha value is -2.40. The molecule has 0 fully saturated rings. The fourth-order valence-electron chi connectivity index (χ4n) is 4.22. The van der Waals surface area contributed by atoms with Crippen LogP contribution < -0.4 is 26.4 Å². The lowest BCUT2D eigenvalue weighted by atomic mass is 10.0. The summed E-state index contributed by atoms with van der Waals surface area (Å²) in [5.41, 5.74) is 8.44. The lowest BCUT2D eigenvalue weighted by molar-refractivity contribution is -0.129. The number of hydrazine groups is 1. The molecule has 0 aromatic heterocycles. The highest BCUT2D eigenvalue weighted by Crippen LogP contribution is 2.38. The Bertz CT molecular complexity index is 1030. The topological polar surface area (TPSA) is 85.5 Å². The average molecular weight is 508 g/mol. The van der Waals surface area contributed by atoms with E-state index in [0.717, 1.165) is 27.7 Å². The smallest absolute Gasteiger partial charge is 0.253 e. The zero-order chi connectivity index (χ0) is 22.8. The first-order valence-corrected chi connectivity index (χ1v) is 11.2. The quantitative estimate of drug-likeness (QED) is 0.339. The van der Waals surface area contributed by atoms with Gasteiger partial charge in [-0.3, -0.25) is 20.3 Å². The molecule has 0 aliphatic carbocycles. The lowest BCUT2D eigenvalue weighted by Crippen LogP contribution is -2.59. The number of hydrogen-bond donors (Lipinski definition) is 4. The number of nitrogens with zero attached hydrogens (tertiary/aromatic N) is 1. The standard InChI is InChI=1S/C22H24BrF2N5O2/c1-26-20(29-27-11-15-16(24)3-2-4-17(15)25)21(31)28-18-6-5-12-9-14(23)10-13-7-8-30(19(12)13)22(18)32/h2-4,9-10,18,20,26-27,29H,5-8,11H2,1H3,(H,28,31). The van der Waals surface area contributed by atoms with E-state index in [1.54, 1.807) is 11.9 Å². The van der Waals surface area contributed by atoms with Gasteiger partial charge >= 0.3 is 0 Å². The molecule has 2 aliphatic rings. The molecule has 0 spiro atoms. The van der Waals surface area contributed by atoms with Crippen molar-refractivity contribution in [2.75, 3.05) is 18.5 Å². The summed E-state index contributed by atoms with van der Waals surface area (Å²) in [5, 5.41) is 5.61. The van der Waals surface area contributed by atoms with E-state index >= 15 is 0 Å². The molecule has 0 saturated heterocycles. The number of carbonyl (C=O) groups is 2. The molecular formula is C22H24BrF2N5O2. The first kappa shape index (κ1) is 22.8. The van der Waals surface area contributed by atoms with Gasteiger partial charge in [0.05, 0.1) is 5.69 Å². The minimum absolute atomic E-state index is 0.130. The van der Waals surface area contributed by atoms with E-state index in [0.29, 0.717) is 19.4 Å². The zero-order valence-corrected chi connectivity index (χ0v) is 19.1. The third kappa shape index (κ3) is 4.54. The number of amides is 2. The summed E-state index contributed by atoms with van der Waals surface area (Å²) in [6.45, 7) is 0.431. The molecule has 10 heteroatoms. The Balaban J connectivity index is 1.39. The molecule has 0 bridgehead atoms. The third-order valence-corrected chi connectivity index (χ3v) is 6.27. The van der Waals surface area contributed by atoms with Gasteiger partial charge < -0.3 is 10.2 Å². The fourth-order valence-corrected chi connectivity index (χ4v) is 4.77. The molecule has 2 aromatic carbocycles. The predicted octanol–water partition coefficient (Wildman–Crippen LogP) is 1.89. The Morgan fingerprint density at radius 1 is 1.22 bits per heavy atom. The number of aryl methyl sites for hydroxylation is 1. The summed E-state index contributed by atoms with van der Waals surface area (Å²) in [5.74, 6) is -1.93. The highest BCUT2D eigenvalue weighted by atomic mass is 79.9. The SMILES string of the molecule is CNC(NNCc1c(F)cccc1F)C(=O)NC1CCc2cc(Br)cc3c2N(CC3)C1=O. The first-order chi connectivity index (χ1) is 15.4. The number of likely N-dealkylation sites (N-methyl/N-ethyl adjacent to an activating group) is 1. The van der Waals surface area contributed by atoms with Crippen molar-refractivity contribution in [3.05, 3.63) is 63.1 Å². The maximum absolute atomic E-state index is 13.8. The molecule has 2 amide bonds. The van der Waals surface area contributed by atoms with E-state index in [1.807, 2.05) is 12.1 Å². The molecule has 32 heavy (non-hydrogen) atoms. The summed E-state index contributed by atoms with van der Waals surface area (Å²) in [6, 6.07) is 7.02. The summed E-state index contributed by atoms with van der Waals surface area (Å²) < 4.78 is 28.5. The summed E-state index contributed by atoms with van der Waals surface area (Å²) in [6.07, 6.45) is 1.02. The molecular weight excluding hydrogens is 484 g/mol. The monoisotopic (exact) mass is 507 g/mol.